The van der Waals surface area contributed by atoms with Crippen LogP contribution in [0.15, 0.2) is 30.5 Å². The summed E-state index contributed by atoms with van der Waals surface area (Å²) in [6.45, 7) is 2.64. The maximum Gasteiger partial charge on any atom is 0.318 e. The third-order valence-electron chi connectivity index (χ3n) is 4.97. The number of carbonyl (C=O) groups excluding carboxylic acids is 2. The van der Waals surface area contributed by atoms with Gasteiger partial charge in [-0.2, -0.15) is 8.78 Å². The quantitative estimate of drug-likeness (QED) is 0.541. The van der Waals surface area contributed by atoms with Crippen LogP contribution in [-0.4, -0.2) is 41.0 Å². The van der Waals surface area contributed by atoms with Gasteiger partial charge >= 0.3 is 6.03 Å². The summed E-state index contributed by atoms with van der Waals surface area (Å²) in [6.07, 6.45) is 1.07. The molecule has 1 aromatic heterocycles. The highest BCUT2D eigenvalue weighted by Gasteiger charge is 2.33. The Morgan fingerprint density at radius 1 is 1.32 bits per heavy atom. The van der Waals surface area contributed by atoms with Crippen LogP contribution >= 0.6 is 11.6 Å². The van der Waals surface area contributed by atoms with E-state index in [-0.39, 0.29) is 30.1 Å². The van der Waals surface area contributed by atoms with E-state index in [1.807, 2.05) is 0 Å². The molecule has 0 bridgehead atoms. The van der Waals surface area contributed by atoms with Crippen molar-refractivity contribution in [3.63, 3.8) is 0 Å². The number of hydrogen-bond donors (Lipinski definition) is 2. The third-order valence-corrected chi connectivity index (χ3v) is 5.32. The van der Waals surface area contributed by atoms with Gasteiger partial charge in [0, 0.05) is 31.8 Å². The molecule has 3 rings (SSSR count). The highest BCUT2D eigenvalue weighted by Crippen LogP contribution is 2.31. The first-order valence-electron chi connectivity index (χ1n) is 9.33. The van der Waals surface area contributed by atoms with Crippen LogP contribution in [0.1, 0.15) is 36.7 Å². The van der Waals surface area contributed by atoms with Crippen LogP contribution in [0.3, 0.4) is 0 Å². The van der Waals surface area contributed by atoms with Crippen molar-refractivity contribution in [2.24, 2.45) is 0 Å². The molecule has 6 nitrogen and oxygen atoms in total. The second-order valence-corrected chi connectivity index (χ2v) is 7.55. The van der Waals surface area contributed by atoms with Gasteiger partial charge in [-0.05, 0) is 24.6 Å². The fraction of sp³-hybridized carbons (Fsp3) is 0.350. The molecule has 1 saturated heterocycles. The molecule has 0 radical (unpaired) electrons. The lowest BCUT2D eigenvalue weighted by molar-refractivity contribution is -0.126. The van der Waals surface area contributed by atoms with Crippen molar-refractivity contribution < 1.29 is 27.2 Å². The van der Waals surface area contributed by atoms with Crippen molar-refractivity contribution in [3.8, 4) is 0 Å². The summed E-state index contributed by atoms with van der Waals surface area (Å²) in [4.78, 5) is 29.7. The number of carbonyl (C=O) groups is 2. The van der Waals surface area contributed by atoms with Crippen molar-refractivity contribution in [1.29, 1.82) is 0 Å². The number of nitrogens with one attached hydrogen (secondary N) is 2. The molecule has 0 spiro atoms. The lowest BCUT2D eigenvalue weighted by Gasteiger charge is -2.34. The van der Waals surface area contributed by atoms with Gasteiger partial charge in [-0.3, -0.25) is 9.78 Å². The van der Waals surface area contributed by atoms with Crippen LogP contribution in [0.4, 0.5) is 22.4 Å². The van der Waals surface area contributed by atoms with E-state index < -0.39 is 46.4 Å². The average molecular weight is 459 g/mol. The number of rotatable bonds is 4. The van der Waals surface area contributed by atoms with Crippen LogP contribution in [0.25, 0.3) is 0 Å². The first-order valence-corrected chi connectivity index (χ1v) is 9.71. The molecule has 166 valence electrons. The number of benzene rings is 1. The number of pyridine rings is 1. The van der Waals surface area contributed by atoms with Crippen LogP contribution in [0.2, 0.25) is 5.02 Å². The molecule has 2 atom stereocenters. The third kappa shape index (κ3) is 4.73. The van der Waals surface area contributed by atoms with E-state index in [1.54, 1.807) is 0 Å². The van der Waals surface area contributed by atoms with E-state index in [0.717, 1.165) is 24.4 Å². The standard InChI is InChI=1S/C20H19ClF4N4O2/c1-10-18(30)26-7-8-29(10)19(31)28-17(12-4-5-13(22)15(21)16(12)23)11-3-6-14(27-9-11)20(2,24)25/h3-6,9-10,17H,7-8H2,1-2H3,(H,26,30)(H,28,31)/t10-,17+/m1/s1. The Morgan fingerprint density at radius 2 is 2.03 bits per heavy atom. The predicted molar refractivity (Wildman–Crippen MR) is 105 cm³/mol. The fourth-order valence-electron chi connectivity index (χ4n) is 3.21. The van der Waals surface area contributed by atoms with E-state index in [4.69, 9.17) is 11.6 Å². The second kappa shape index (κ2) is 8.70. The van der Waals surface area contributed by atoms with E-state index in [0.29, 0.717) is 6.92 Å². The summed E-state index contributed by atoms with van der Waals surface area (Å²) < 4.78 is 55.4. The monoisotopic (exact) mass is 458 g/mol. The normalized spacial score (nSPS) is 17.8. The van der Waals surface area contributed by atoms with Crippen LogP contribution in [0, 0.1) is 11.6 Å². The molecule has 0 aliphatic carbocycles. The topological polar surface area (TPSA) is 74.3 Å². The van der Waals surface area contributed by atoms with Crippen LogP contribution in [-0.2, 0) is 10.7 Å². The summed E-state index contributed by atoms with van der Waals surface area (Å²) >= 11 is 5.69. The van der Waals surface area contributed by atoms with E-state index in [1.165, 1.54) is 17.9 Å². The van der Waals surface area contributed by atoms with Gasteiger partial charge in [0.15, 0.2) is 0 Å². The smallest absolute Gasteiger partial charge is 0.318 e. The maximum atomic E-state index is 14.8. The van der Waals surface area contributed by atoms with Crippen molar-refractivity contribution >= 4 is 23.5 Å². The summed E-state index contributed by atoms with van der Waals surface area (Å²) in [5.41, 5.74) is -0.538. The minimum absolute atomic E-state index is 0.164. The van der Waals surface area contributed by atoms with Crippen LogP contribution in [0.5, 0.6) is 0 Å². The second-order valence-electron chi connectivity index (χ2n) is 7.17. The molecule has 2 N–H and O–H groups in total. The van der Waals surface area contributed by atoms with Crippen molar-refractivity contribution in [1.82, 2.24) is 20.5 Å². The molecule has 1 aliphatic heterocycles. The molecule has 1 aliphatic rings. The minimum atomic E-state index is -3.20. The Labute approximate surface area is 180 Å². The molecular formula is C20H19ClF4N4O2. The molecule has 2 heterocycles. The molecule has 3 amide bonds. The summed E-state index contributed by atoms with van der Waals surface area (Å²) in [6, 6.07) is 1.62. The van der Waals surface area contributed by atoms with Gasteiger partial charge in [0.2, 0.25) is 5.91 Å². The van der Waals surface area contributed by atoms with Crippen molar-refractivity contribution in [3.05, 3.63) is 63.9 Å². The lowest BCUT2D eigenvalue weighted by atomic mass is 9.98. The molecular weight excluding hydrogens is 440 g/mol. The number of halogens is 5. The first kappa shape index (κ1) is 22.8. The number of urea groups is 1. The molecule has 31 heavy (non-hydrogen) atoms. The number of alkyl halides is 2. The highest BCUT2D eigenvalue weighted by molar-refractivity contribution is 6.31. The van der Waals surface area contributed by atoms with Gasteiger partial charge < -0.3 is 15.5 Å². The molecule has 0 saturated carbocycles. The fourth-order valence-corrected chi connectivity index (χ4v) is 3.38. The Morgan fingerprint density at radius 3 is 2.65 bits per heavy atom. The maximum absolute atomic E-state index is 14.8. The molecule has 2 aromatic rings. The minimum Gasteiger partial charge on any atom is -0.353 e. The molecule has 1 aromatic carbocycles. The average Bonchev–Trinajstić information content (AvgIpc) is 2.72. The van der Waals surface area contributed by atoms with E-state index in [2.05, 4.69) is 15.6 Å². The number of amides is 3. The number of hydrogen-bond acceptors (Lipinski definition) is 3. The Balaban J connectivity index is 2.00. The Hall–Kier alpha value is -2.88. The van der Waals surface area contributed by atoms with Gasteiger partial charge in [0.25, 0.3) is 5.92 Å². The van der Waals surface area contributed by atoms with Gasteiger partial charge in [-0.25, -0.2) is 13.6 Å². The van der Waals surface area contributed by atoms with Gasteiger partial charge in [-0.15, -0.1) is 0 Å². The number of piperazine rings is 1. The predicted octanol–water partition coefficient (Wildman–Crippen LogP) is 3.74. The number of aromatic nitrogens is 1. The Bertz CT molecular complexity index is 998. The van der Waals surface area contributed by atoms with Gasteiger partial charge in [0.1, 0.15) is 28.4 Å². The SMILES string of the molecule is C[C@@H]1C(=O)NCCN1C(=O)N[C@@H](c1ccc(C(C)(F)F)nc1)c1ccc(F)c(Cl)c1F. The summed E-state index contributed by atoms with van der Waals surface area (Å²) in [5.74, 6) is -5.65. The van der Waals surface area contributed by atoms with E-state index in [9.17, 15) is 27.2 Å². The Kier molecular flexibility index (Phi) is 6.40. The van der Waals surface area contributed by atoms with Crippen molar-refractivity contribution in [2.45, 2.75) is 31.9 Å². The van der Waals surface area contributed by atoms with Gasteiger partial charge in [-0.1, -0.05) is 23.7 Å². The number of nitrogens with zero attached hydrogens (tertiary/aromatic N) is 2. The molecule has 1 fully saturated rings. The summed E-state index contributed by atoms with van der Waals surface area (Å²) in [7, 11) is 0. The molecule has 11 heteroatoms. The molecule has 0 unspecified atom stereocenters. The zero-order valence-corrected chi connectivity index (χ0v) is 17.3. The first-order chi connectivity index (χ1) is 14.5. The van der Waals surface area contributed by atoms with Gasteiger partial charge in [0.05, 0.1) is 6.04 Å². The lowest BCUT2D eigenvalue weighted by Crippen LogP contribution is -2.58. The largest absolute Gasteiger partial charge is 0.353 e. The van der Waals surface area contributed by atoms with E-state index >= 15 is 0 Å². The van der Waals surface area contributed by atoms with Crippen molar-refractivity contribution in [2.75, 3.05) is 13.1 Å². The van der Waals surface area contributed by atoms with Crippen LogP contribution < -0.4 is 10.6 Å². The highest BCUT2D eigenvalue weighted by atomic mass is 35.5. The summed E-state index contributed by atoms with van der Waals surface area (Å²) in [5, 5.41) is 4.42. The zero-order valence-electron chi connectivity index (χ0n) is 16.6. The zero-order chi connectivity index (χ0) is 22.9.